The van der Waals surface area contributed by atoms with Gasteiger partial charge in [0.25, 0.3) is 0 Å². The lowest BCUT2D eigenvalue weighted by atomic mass is 10.1. The van der Waals surface area contributed by atoms with Crippen molar-refractivity contribution in [3.05, 3.63) is 90.4 Å². The third kappa shape index (κ3) is 4.31. The number of fused-ring (bicyclic) bond motifs is 2. The summed E-state index contributed by atoms with van der Waals surface area (Å²) in [5.74, 6) is 0.623. The van der Waals surface area contributed by atoms with E-state index in [4.69, 9.17) is 9.97 Å². The van der Waals surface area contributed by atoms with Crippen molar-refractivity contribution < 1.29 is 0 Å². The van der Waals surface area contributed by atoms with Gasteiger partial charge in [-0.2, -0.15) is 5.10 Å². The molecule has 0 atom stereocenters. The second kappa shape index (κ2) is 9.52. The molecule has 0 radical (unpaired) electrons. The molecule has 7 nitrogen and oxygen atoms in total. The molecule has 0 aliphatic carbocycles. The maximum absolute atomic E-state index is 4.94. The molecule has 0 saturated carbocycles. The van der Waals surface area contributed by atoms with Gasteiger partial charge in [0.2, 0.25) is 0 Å². The largest absolute Gasteiger partial charge is 0.359 e. The number of imidazole rings is 1. The summed E-state index contributed by atoms with van der Waals surface area (Å²) in [6.45, 7) is 12.0. The first-order valence-electron chi connectivity index (χ1n) is 11.3. The van der Waals surface area contributed by atoms with E-state index in [1.54, 1.807) is 23.6 Å². The van der Waals surface area contributed by atoms with Crippen LogP contribution in [0.2, 0.25) is 0 Å². The van der Waals surface area contributed by atoms with Gasteiger partial charge in [0.15, 0.2) is 17.2 Å². The van der Waals surface area contributed by atoms with Gasteiger partial charge in [-0.05, 0) is 60.7 Å². The maximum atomic E-state index is 4.94. The second-order valence-corrected chi connectivity index (χ2v) is 8.86. The fraction of sp³-hybridized carbons (Fsp3) is 0.111. The normalized spacial score (nSPS) is 12.4. The van der Waals surface area contributed by atoms with Crippen LogP contribution in [0.3, 0.4) is 0 Å². The summed E-state index contributed by atoms with van der Waals surface area (Å²) >= 11 is 1.68. The summed E-state index contributed by atoms with van der Waals surface area (Å²) in [6.07, 6.45) is 8.43. The van der Waals surface area contributed by atoms with Crippen LogP contribution < -0.4 is 5.32 Å². The van der Waals surface area contributed by atoms with Crippen LogP contribution in [0, 0.1) is 0 Å². The number of aromatic amines is 2. The fourth-order valence-corrected chi connectivity index (χ4v) is 4.55. The third-order valence-corrected chi connectivity index (χ3v) is 6.60. The minimum absolute atomic E-state index is 0.623. The van der Waals surface area contributed by atoms with Gasteiger partial charge in [0.05, 0.1) is 16.7 Å². The zero-order valence-electron chi connectivity index (χ0n) is 19.6. The number of nitrogens with one attached hydrogen (secondary N) is 3. The molecule has 0 unspecified atom stereocenters. The zero-order valence-corrected chi connectivity index (χ0v) is 20.4. The van der Waals surface area contributed by atoms with E-state index in [0.717, 1.165) is 56.1 Å². The van der Waals surface area contributed by atoms with Crippen LogP contribution >= 0.6 is 11.3 Å². The Morgan fingerprint density at radius 2 is 2.09 bits per heavy atom. The topological polar surface area (TPSA) is 95.2 Å². The van der Waals surface area contributed by atoms with E-state index in [-0.39, 0.29) is 0 Å². The quantitative estimate of drug-likeness (QED) is 0.218. The molecule has 5 aromatic rings. The van der Waals surface area contributed by atoms with E-state index in [2.05, 4.69) is 57.0 Å². The van der Waals surface area contributed by atoms with Crippen molar-refractivity contribution in [3.8, 4) is 22.0 Å². The summed E-state index contributed by atoms with van der Waals surface area (Å²) in [6, 6.07) is 10.1. The number of H-pyrrole nitrogens is 2. The van der Waals surface area contributed by atoms with Crippen molar-refractivity contribution in [2.75, 3.05) is 0 Å². The van der Waals surface area contributed by atoms with Crippen LogP contribution in [0.25, 0.3) is 49.7 Å². The van der Waals surface area contributed by atoms with E-state index >= 15 is 0 Å². The van der Waals surface area contributed by atoms with Crippen molar-refractivity contribution in [3.63, 3.8) is 0 Å². The number of hydrogen-bond acceptors (Lipinski definition) is 6. The zero-order chi connectivity index (χ0) is 24.4. The van der Waals surface area contributed by atoms with Crippen LogP contribution in [-0.2, 0) is 0 Å². The SMILES string of the molecule is C=C/C(=C\C(=C/C)c1ccc2[nH]nc(-c3nc4nccc(-c5cccs5)c4[nH]3)c2n1)NC(=C)CC. The van der Waals surface area contributed by atoms with Crippen molar-refractivity contribution in [1.82, 2.24) is 35.5 Å². The fourth-order valence-electron chi connectivity index (χ4n) is 3.80. The van der Waals surface area contributed by atoms with Crippen molar-refractivity contribution >= 4 is 39.1 Å². The van der Waals surface area contributed by atoms with Crippen molar-refractivity contribution in [2.45, 2.75) is 20.3 Å². The van der Waals surface area contributed by atoms with E-state index in [9.17, 15) is 0 Å². The molecule has 3 N–H and O–H groups in total. The molecule has 0 bridgehead atoms. The highest BCUT2D eigenvalue weighted by Crippen LogP contribution is 2.32. The number of thiophene rings is 1. The molecule has 5 heterocycles. The Hall–Kier alpha value is -4.30. The van der Waals surface area contributed by atoms with Crippen LogP contribution in [0.1, 0.15) is 26.0 Å². The van der Waals surface area contributed by atoms with Crippen molar-refractivity contribution in [2.24, 2.45) is 0 Å². The lowest BCUT2D eigenvalue weighted by Gasteiger charge is -2.10. The number of hydrogen-bond donors (Lipinski definition) is 3. The molecule has 0 spiro atoms. The van der Waals surface area contributed by atoms with E-state index in [0.29, 0.717) is 17.2 Å². The highest BCUT2D eigenvalue weighted by atomic mass is 32.1. The predicted molar refractivity (Wildman–Crippen MR) is 145 cm³/mol. The molecular weight excluding hydrogens is 454 g/mol. The highest BCUT2D eigenvalue weighted by Gasteiger charge is 2.17. The van der Waals surface area contributed by atoms with E-state index in [1.165, 1.54) is 0 Å². The molecule has 0 saturated heterocycles. The Kier molecular flexibility index (Phi) is 6.12. The average Bonchev–Trinajstić information content (AvgIpc) is 3.64. The summed E-state index contributed by atoms with van der Waals surface area (Å²) in [5, 5.41) is 13.0. The molecule has 0 aliphatic heterocycles. The van der Waals surface area contributed by atoms with Gasteiger partial charge in [-0.15, -0.1) is 11.3 Å². The van der Waals surface area contributed by atoms with E-state index < -0.39 is 0 Å². The van der Waals surface area contributed by atoms with Gasteiger partial charge < -0.3 is 10.3 Å². The first kappa shape index (κ1) is 22.5. The Bertz CT molecular complexity index is 1600. The standard InChI is InChI=1S/C27H25N7S/c1-5-16(4)29-18(7-3)15-17(6-2)20-10-11-21-24(30-20)25(34-33-21)27-31-23-19(22-9-8-14-35-22)12-13-28-26(23)32-27/h6-15,29H,3-5H2,1-2H3,(H,33,34)(H,28,31,32)/b17-6+,18-15+. The minimum Gasteiger partial charge on any atom is -0.359 e. The summed E-state index contributed by atoms with van der Waals surface area (Å²) in [7, 11) is 0. The number of nitrogens with zero attached hydrogens (tertiary/aromatic N) is 4. The molecule has 0 fully saturated rings. The molecule has 5 rings (SSSR count). The molecule has 0 aromatic carbocycles. The number of aromatic nitrogens is 6. The molecule has 35 heavy (non-hydrogen) atoms. The van der Waals surface area contributed by atoms with E-state index in [1.807, 2.05) is 43.3 Å². The monoisotopic (exact) mass is 479 g/mol. The van der Waals surface area contributed by atoms with Crippen LogP contribution in [0.4, 0.5) is 0 Å². The first-order valence-corrected chi connectivity index (χ1v) is 12.2. The predicted octanol–water partition coefficient (Wildman–Crippen LogP) is 6.61. The number of allylic oxidation sites excluding steroid dienone is 5. The highest BCUT2D eigenvalue weighted by molar-refractivity contribution is 7.13. The smallest absolute Gasteiger partial charge is 0.178 e. The molecule has 174 valence electrons. The summed E-state index contributed by atoms with van der Waals surface area (Å²) in [5.41, 5.74) is 8.37. The molecular formula is C27H25N7S. The second-order valence-electron chi connectivity index (χ2n) is 7.91. The number of pyridine rings is 2. The Balaban J connectivity index is 1.57. The maximum Gasteiger partial charge on any atom is 0.178 e. The van der Waals surface area contributed by atoms with Gasteiger partial charge in [0.1, 0.15) is 5.52 Å². The molecule has 0 amide bonds. The lowest BCUT2D eigenvalue weighted by molar-refractivity contribution is 0.920. The third-order valence-electron chi connectivity index (χ3n) is 5.70. The van der Waals surface area contributed by atoms with Gasteiger partial charge >= 0.3 is 0 Å². The summed E-state index contributed by atoms with van der Waals surface area (Å²) < 4.78 is 0. The van der Waals surface area contributed by atoms with Crippen LogP contribution in [0.5, 0.6) is 0 Å². The van der Waals surface area contributed by atoms with Gasteiger partial charge in [-0.25, -0.2) is 15.0 Å². The number of rotatable bonds is 8. The van der Waals surface area contributed by atoms with Gasteiger partial charge in [-0.1, -0.05) is 32.2 Å². The van der Waals surface area contributed by atoms with Crippen molar-refractivity contribution in [1.29, 1.82) is 0 Å². The van der Waals surface area contributed by atoms with Crippen LogP contribution in [-0.4, -0.2) is 30.1 Å². The molecule has 8 heteroatoms. The van der Waals surface area contributed by atoms with Gasteiger partial charge in [0, 0.05) is 28.0 Å². The molecule has 0 aliphatic rings. The lowest BCUT2D eigenvalue weighted by Crippen LogP contribution is -2.09. The Morgan fingerprint density at radius 3 is 2.83 bits per heavy atom. The van der Waals surface area contributed by atoms with Gasteiger partial charge in [-0.3, -0.25) is 5.10 Å². The Labute approximate surface area is 207 Å². The minimum atomic E-state index is 0.623. The van der Waals surface area contributed by atoms with Crippen LogP contribution in [0.15, 0.2) is 84.7 Å². The molecule has 5 aromatic heterocycles. The average molecular weight is 480 g/mol. The summed E-state index contributed by atoms with van der Waals surface area (Å²) in [4.78, 5) is 18.7. The first-order chi connectivity index (χ1) is 17.1. The Morgan fingerprint density at radius 1 is 1.20 bits per heavy atom.